The van der Waals surface area contributed by atoms with Crippen molar-refractivity contribution in [1.82, 2.24) is 0 Å². The second kappa shape index (κ2) is 4.62. The molecule has 76 valence electrons. The van der Waals surface area contributed by atoms with Crippen LogP contribution in [0.15, 0.2) is 24.3 Å². The number of amides is 1. The van der Waals surface area contributed by atoms with Crippen molar-refractivity contribution in [2.75, 3.05) is 14.2 Å². The summed E-state index contributed by atoms with van der Waals surface area (Å²) in [6.07, 6.45) is -0.694. The number of hydrogen-bond donors (Lipinski definition) is 1. The van der Waals surface area contributed by atoms with Gasteiger partial charge in [-0.25, -0.2) is 0 Å². The molecule has 14 heavy (non-hydrogen) atoms. The van der Waals surface area contributed by atoms with E-state index in [0.717, 1.165) is 11.3 Å². The van der Waals surface area contributed by atoms with Gasteiger partial charge in [0.25, 0.3) is 5.91 Å². The smallest absolute Gasteiger partial charge is 0.251 e. The highest BCUT2D eigenvalue weighted by Crippen LogP contribution is 2.19. The van der Waals surface area contributed by atoms with Gasteiger partial charge in [0, 0.05) is 7.11 Å². The normalized spacial score (nSPS) is 12.1. The van der Waals surface area contributed by atoms with Crippen molar-refractivity contribution in [3.8, 4) is 5.75 Å². The summed E-state index contributed by atoms with van der Waals surface area (Å²) >= 11 is 0. The van der Waals surface area contributed by atoms with E-state index in [-0.39, 0.29) is 0 Å². The average Bonchev–Trinajstić information content (AvgIpc) is 2.19. The lowest BCUT2D eigenvalue weighted by atomic mass is 10.1. The minimum atomic E-state index is -0.694. The molecule has 0 bridgehead atoms. The summed E-state index contributed by atoms with van der Waals surface area (Å²) < 4.78 is 9.94. The molecule has 1 unspecified atom stereocenters. The van der Waals surface area contributed by atoms with Crippen molar-refractivity contribution in [1.29, 1.82) is 0 Å². The summed E-state index contributed by atoms with van der Waals surface area (Å²) in [5.41, 5.74) is 5.88. The highest BCUT2D eigenvalue weighted by molar-refractivity contribution is 5.80. The highest BCUT2D eigenvalue weighted by atomic mass is 16.5. The topological polar surface area (TPSA) is 61.6 Å². The number of carbonyl (C=O) groups is 1. The fourth-order valence-electron chi connectivity index (χ4n) is 1.20. The second-order valence-corrected chi connectivity index (χ2v) is 2.79. The van der Waals surface area contributed by atoms with Crippen LogP contribution >= 0.6 is 0 Å². The van der Waals surface area contributed by atoms with Crippen molar-refractivity contribution < 1.29 is 14.3 Å². The summed E-state index contributed by atoms with van der Waals surface area (Å²) in [7, 11) is 3.02. The van der Waals surface area contributed by atoms with Crippen LogP contribution in [0.3, 0.4) is 0 Å². The maximum Gasteiger partial charge on any atom is 0.251 e. The maximum absolute atomic E-state index is 11.0. The van der Waals surface area contributed by atoms with Gasteiger partial charge < -0.3 is 15.2 Å². The lowest BCUT2D eigenvalue weighted by Crippen LogP contribution is -2.22. The molecule has 2 N–H and O–H groups in total. The van der Waals surface area contributed by atoms with E-state index in [4.69, 9.17) is 15.2 Å². The first-order chi connectivity index (χ1) is 6.69. The molecule has 0 saturated carbocycles. The van der Waals surface area contributed by atoms with E-state index in [1.54, 1.807) is 31.4 Å². The van der Waals surface area contributed by atoms with Crippen LogP contribution in [-0.2, 0) is 9.53 Å². The standard InChI is InChI=1S/C10H13NO3/c1-13-8-5-3-7(4-6-8)9(14-2)10(11)12/h3-6,9H,1-2H3,(H2,11,12). The number of rotatable bonds is 4. The first kappa shape index (κ1) is 10.5. The third-order valence-electron chi connectivity index (χ3n) is 1.91. The predicted octanol–water partition coefficient (Wildman–Crippen LogP) is 0.868. The molecule has 1 atom stereocenters. The number of primary amides is 1. The molecule has 0 fully saturated rings. The van der Waals surface area contributed by atoms with Crippen LogP contribution in [-0.4, -0.2) is 20.1 Å². The number of hydrogen-bond acceptors (Lipinski definition) is 3. The Hall–Kier alpha value is -1.55. The van der Waals surface area contributed by atoms with E-state index in [2.05, 4.69) is 0 Å². The fourth-order valence-corrected chi connectivity index (χ4v) is 1.20. The summed E-state index contributed by atoms with van der Waals surface area (Å²) in [5.74, 6) is 0.228. The maximum atomic E-state index is 11.0. The minimum absolute atomic E-state index is 0.502. The molecule has 0 aromatic heterocycles. The Balaban J connectivity index is 2.89. The van der Waals surface area contributed by atoms with Gasteiger partial charge in [0.05, 0.1) is 7.11 Å². The number of methoxy groups -OCH3 is 2. The molecule has 1 aromatic carbocycles. The Morgan fingerprint density at radius 2 is 1.86 bits per heavy atom. The van der Waals surface area contributed by atoms with Crippen molar-refractivity contribution in [3.05, 3.63) is 29.8 Å². The second-order valence-electron chi connectivity index (χ2n) is 2.79. The minimum Gasteiger partial charge on any atom is -0.497 e. The van der Waals surface area contributed by atoms with Gasteiger partial charge in [-0.1, -0.05) is 12.1 Å². The summed E-state index contributed by atoms with van der Waals surface area (Å²) in [6.45, 7) is 0. The summed E-state index contributed by atoms with van der Waals surface area (Å²) in [5, 5.41) is 0. The van der Waals surface area contributed by atoms with Gasteiger partial charge in [-0.2, -0.15) is 0 Å². The monoisotopic (exact) mass is 195 g/mol. The average molecular weight is 195 g/mol. The predicted molar refractivity (Wildman–Crippen MR) is 51.9 cm³/mol. The molecule has 0 heterocycles. The zero-order chi connectivity index (χ0) is 10.6. The Kier molecular flexibility index (Phi) is 3.48. The third-order valence-corrected chi connectivity index (χ3v) is 1.91. The molecule has 0 saturated heterocycles. The molecule has 1 rings (SSSR count). The molecular weight excluding hydrogens is 182 g/mol. The molecular formula is C10H13NO3. The first-order valence-electron chi connectivity index (χ1n) is 4.15. The molecule has 4 heteroatoms. The van der Waals surface area contributed by atoms with Crippen LogP contribution in [0.5, 0.6) is 5.75 Å². The van der Waals surface area contributed by atoms with E-state index < -0.39 is 12.0 Å². The summed E-state index contributed by atoms with van der Waals surface area (Å²) in [6, 6.07) is 7.00. The van der Waals surface area contributed by atoms with Gasteiger partial charge in [-0.3, -0.25) is 4.79 Å². The third kappa shape index (κ3) is 2.23. The lowest BCUT2D eigenvalue weighted by Gasteiger charge is -2.11. The van der Waals surface area contributed by atoms with E-state index in [1.165, 1.54) is 7.11 Å². The van der Waals surface area contributed by atoms with Gasteiger partial charge in [-0.15, -0.1) is 0 Å². The van der Waals surface area contributed by atoms with Crippen molar-refractivity contribution in [3.63, 3.8) is 0 Å². The zero-order valence-electron chi connectivity index (χ0n) is 8.19. The van der Waals surface area contributed by atoms with Crippen molar-refractivity contribution in [2.45, 2.75) is 6.10 Å². The summed E-state index contributed by atoms with van der Waals surface area (Å²) in [4.78, 5) is 11.0. The first-order valence-corrected chi connectivity index (χ1v) is 4.15. The Labute approximate surface area is 82.6 Å². The Morgan fingerprint density at radius 3 is 2.21 bits per heavy atom. The number of ether oxygens (including phenoxy) is 2. The largest absolute Gasteiger partial charge is 0.497 e. The van der Waals surface area contributed by atoms with Gasteiger partial charge in [0.1, 0.15) is 5.75 Å². The van der Waals surface area contributed by atoms with E-state index in [0.29, 0.717) is 0 Å². The Morgan fingerprint density at radius 1 is 1.29 bits per heavy atom. The van der Waals surface area contributed by atoms with E-state index >= 15 is 0 Å². The molecule has 0 aliphatic heterocycles. The van der Waals surface area contributed by atoms with Gasteiger partial charge in [0.2, 0.25) is 0 Å². The Bertz CT molecular complexity index is 308. The zero-order valence-corrected chi connectivity index (χ0v) is 8.19. The van der Waals surface area contributed by atoms with Crippen LogP contribution in [0.1, 0.15) is 11.7 Å². The molecule has 0 aliphatic rings. The van der Waals surface area contributed by atoms with Gasteiger partial charge >= 0.3 is 0 Å². The van der Waals surface area contributed by atoms with Crippen molar-refractivity contribution in [2.24, 2.45) is 5.73 Å². The van der Waals surface area contributed by atoms with E-state index in [9.17, 15) is 4.79 Å². The molecule has 0 spiro atoms. The quantitative estimate of drug-likeness (QED) is 0.775. The van der Waals surface area contributed by atoms with Crippen LogP contribution in [0.2, 0.25) is 0 Å². The van der Waals surface area contributed by atoms with Crippen LogP contribution in [0.25, 0.3) is 0 Å². The van der Waals surface area contributed by atoms with Crippen LogP contribution in [0, 0.1) is 0 Å². The molecule has 4 nitrogen and oxygen atoms in total. The van der Waals surface area contributed by atoms with Gasteiger partial charge in [-0.05, 0) is 17.7 Å². The molecule has 0 radical (unpaired) electrons. The lowest BCUT2D eigenvalue weighted by molar-refractivity contribution is -0.128. The molecule has 1 aromatic rings. The molecule has 0 aliphatic carbocycles. The van der Waals surface area contributed by atoms with Crippen LogP contribution in [0.4, 0.5) is 0 Å². The highest BCUT2D eigenvalue weighted by Gasteiger charge is 2.16. The van der Waals surface area contributed by atoms with E-state index in [1.807, 2.05) is 0 Å². The van der Waals surface area contributed by atoms with Crippen LogP contribution < -0.4 is 10.5 Å². The number of nitrogens with two attached hydrogens (primary N) is 1. The SMILES string of the molecule is COc1ccc(C(OC)C(N)=O)cc1. The molecule has 1 amide bonds. The van der Waals surface area contributed by atoms with Crippen molar-refractivity contribution >= 4 is 5.91 Å². The number of carbonyl (C=O) groups excluding carboxylic acids is 1. The van der Waals surface area contributed by atoms with Gasteiger partial charge in [0.15, 0.2) is 6.10 Å². The fraction of sp³-hybridized carbons (Fsp3) is 0.300. The number of benzene rings is 1.